The number of nitrogens with zero attached hydrogens (tertiary/aromatic N) is 2. The van der Waals surface area contributed by atoms with Crippen molar-refractivity contribution in [3.63, 3.8) is 0 Å². The predicted molar refractivity (Wildman–Crippen MR) is 142 cm³/mol. The number of hydrogen-bond acceptors (Lipinski definition) is 4. The van der Waals surface area contributed by atoms with E-state index in [9.17, 15) is 18.0 Å². The van der Waals surface area contributed by atoms with E-state index in [1.54, 1.807) is 0 Å². The van der Waals surface area contributed by atoms with E-state index in [0.29, 0.717) is 18.0 Å². The molecule has 0 unspecified atom stereocenters. The Morgan fingerprint density at radius 3 is 2.26 bits per heavy atom. The van der Waals surface area contributed by atoms with Crippen LogP contribution in [0.15, 0.2) is 42.5 Å². The third-order valence-corrected chi connectivity index (χ3v) is 7.21. The molecule has 2 amide bonds. The number of carbonyl (C=O) groups excluding carboxylic acids is 2. The minimum Gasteiger partial charge on any atom is -0.354 e. The molecule has 0 heterocycles. The lowest BCUT2D eigenvalue weighted by Crippen LogP contribution is -2.52. The maximum atomic E-state index is 13.6. The summed E-state index contributed by atoms with van der Waals surface area (Å²) in [5, 5.41) is 3.34. The second-order valence-electron chi connectivity index (χ2n) is 8.44. The van der Waals surface area contributed by atoms with Crippen molar-refractivity contribution in [2.24, 2.45) is 0 Å². The average molecular weight is 543 g/mol. The van der Waals surface area contributed by atoms with Gasteiger partial charge < -0.3 is 10.2 Å². The minimum atomic E-state index is -3.87. The molecule has 2 aromatic carbocycles. The Morgan fingerprint density at radius 2 is 1.71 bits per heavy atom. The zero-order chi connectivity index (χ0) is 26.2. The molecule has 0 aliphatic heterocycles. The lowest BCUT2D eigenvalue weighted by Gasteiger charge is -2.33. The van der Waals surface area contributed by atoms with Crippen molar-refractivity contribution in [1.82, 2.24) is 10.2 Å². The lowest BCUT2D eigenvalue weighted by molar-refractivity contribution is -0.140. The fourth-order valence-electron chi connectivity index (χ4n) is 3.59. The van der Waals surface area contributed by atoms with Crippen molar-refractivity contribution in [3.8, 4) is 0 Å². The summed E-state index contributed by atoms with van der Waals surface area (Å²) in [7, 11) is -3.87. The molecular formula is C25H33Cl2N3O4S. The summed E-state index contributed by atoms with van der Waals surface area (Å²) in [6, 6.07) is 11.3. The molecule has 0 aliphatic carbocycles. The predicted octanol–water partition coefficient (Wildman–Crippen LogP) is 4.79. The molecule has 10 heteroatoms. The van der Waals surface area contributed by atoms with Crippen molar-refractivity contribution in [2.75, 3.05) is 23.7 Å². The largest absolute Gasteiger partial charge is 0.354 e. The van der Waals surface area contributed by atoms with Crippen molar-refractivity contribution in [3.05, 3.63) is 63.6 Å². The van der Waals surface area contributed by atoms with Crippen molar-refractivity contribution < 1.29 is 18.0 Å². The van der Waals surface area contributed by atoms with Gasteiger partial charge in [-0.15, -0.1) is 0 Å². The topological polar surface area (TPSA) is 86.8 Å². The van der Waals surface area contributed by atoms with Gasteiger partial charge in [0.1, 0.15) is 12.6 Å². The first-order chi connectivity index (χ1) is 16.5. The van der Waals surface area contributed by atoms with Gasteiger partial charge in [-0.2, -0.15) is 0 Å². The highest BCUT2D eigenvalue weighted by atomic mass is 35.5. The van der Waals surface area contributed by atoms with Crippen molar-refractivity contribution in [2.45, 2.75) is 52.6 Å². The summed E-state index contributed by atoms with van der Waals surface area (Å²) >= 11 is 12.2. The third kappa shape index (κ3) is 8.40. The number of benzene rings is 2. The van der Waals surface area contributed by atoms with Gasteiger partial charge in [-0.25, -0.2) is 8.42 Å². The van der Waals surface area contributed by atoms with Crippen LogP contribution in [0.4, 0.5) is 5.69 Å². The number of anilines is 1. The number of halogens is 2. The molecule has 1 atom stereocenters. The molecule has 0 aromatic heterocycles. The molecule has 35 heavy (non-hydrogen) atoms. The van der Waals surface area contributed by atoms with Crippen LogP contribution in [0.1, 0.15) is 44.2 Å². The van der Waals surface area contributed by atoms with Gasteiger partial charge in [0, 0.05) is 18.1 Å². The highest BCUT2D eigenvalue weighted by Gasteiger charge is 2.32. The summed E-state index contributed by atoms with van der Waals surface area (Å²) in [4.78, 5) is 28.1. The van der Waals surface area contributed by atoms with Crippen LogP contribution in [0.25, 0.3) is 0 Å². The minimum absolute atomic E-state index is 0.102. The van der Waals surface area contributed by atoms with Gasteiger partial charge >= 0.3 is 0 Å². The molecule has 0 radical (unpaired) electrons. The van der Waals surface area contributed by atoms with Crippen LogP contribution in [0.3, 0.4) is 0 Å². The molecule has 1 N–H and O–H groups in total. The van der Waals surface area contributed by atoms with Crippen LogP contribution in [0, 0.1) is 6.92 Å². The van der Waals surface area contributed by atoms with E-state index < -0.39 is 28.5 Å². The molecule has 0 aliphatic rings. The number of hydrogen-bond donors (Lipinski definition) is 1. The van der Waals surface area contributed by atoms with Gasteiger partial charge in [-0.3, -0.25) is 13.9 Å². The number of unbranched alkanes of at least 4 members (excludes halogenated alkanes) is 1. The maximum Gasteiger partial charge on any atom is 0.244 e. The Balaban J connectivity index is 2.42. The average Bonchev–Trinajstić information content (AvgIpc) is 2.78. The Morgan fingerprint density at radius 1 is 1.06 bits per heavy atom. The van der Waals surface area contributed by atoms with Gasteiger partial charge in [0.05, 0.1) is 17.0 Å². The van der Waals surface area contributed by atoms with Crippen LogP contribution in [-0.2, 0) is 26.2 Å². The number of carbonyl (C=O) groups is 2. The first-order valence-electron chi connectivity index (χ1n) is 11.5. The number of nitrogens with one attached hydrogen (secondary N) is 1. The van der Waals surface area contributed by atoms with E-state index in [1.165, 1.54) is 23.1 Å². The summed E-state index contributed by atoms with van der Waals surface area (Å²) in [6.45, 7) is 5.97. The van der Waals surface area contributed by atoms with E-state index in [4.69, 9.17) is 23.2 Å². The first kappa shape index (κ1) is 28.9. The van der Waals surface area contributed by atoms with E-state index in [2.05, 4.69) is 5.32 Å². The standard InChI is InChI=1S/C25H33Cl2N3O4S/c1-5-7-14-28-25(32)22(6-2)29(16-19-10-8-18(3)9-11-19)24(31)17-30(35(4,33)34)23-13-12-20(26)15-21(23)27/h8-13,15,22H,5-7,14,16-17H2,1-4H3,(H,28,32)/t22-/m1/s1. The molecule has 0 spiro atoms. The Hall–Kier alpha value is -2.29. The molecule has 0 fully saturated rings. The summed E-state index contributed by atoms with van der Waals surface area (Å²) in [6.07, 6.45) is 3.12. The molecule has 0 saturated heterocycles. The monoisotopic (exact) mass is 541 g/mol. The molecular weight excluding hydrogens is 509 g/mol. The van der Waals surface area contributed by atoms with Crippen molar-refractivity contribution in [1.29, 1.82) is 0 Å². The van der Waals surface area contributed by atoms with Crippen LogP contribution >= 0.6 is 23.2 Å². The van der Waals surface area contributed by atoms with Crippen molar-refractivity contribution >= 4 is 50.7 Å². The van der Waals surface area contributed by atoms with Gasteiger partial charge in [-0.1, -0.05) is 73.3 Å². The highest BCUT2D eigenvalue weighted by molar-refractivity contribution is 7.92. The van der Waals surface area contributed by atoms with E-state index in [1.807, 2.05) is 45.0 Å². The van der Waals surface area contributed by atoms with Crippen LogP contribution in [0.2, 0.25) is 10.0 Å². The molecule has 192 valence electrons. The quantitative estimate of drug-likeness (QED) is 0.391. The summed E-state index contributed by atoms with van der Waals surface area (Å²) in [5.74, 6) is -0.781. The smallest absolute Gasteiger partial charge is 0.244 e. The molecule has 0 bridgehead atoms. The Bertz CT molecular complexity index is 1120. The maximum absolute atomic E-state index is 13.6. The second-order valence-corrected chi connectivity index (χ2v) is 11.2. The fraction of sp³-hybridized carbons (Fsp3) is 0.440. The Kier molecular flexibility index (Phi) is 10.9. The highest BCUT2D eigenvalue weighted by Crippen LogP contribution is 2.30. The summed E-state index contributed by atoms with van der Waals surface area (Å²) < 4.78 is 26.3. The zero-order valence-electron chi connectivity index (χ0n) is 20.6. The number of amides is 2. The van der Waals surface area contributed by atoms with Gasteiger partial charge in [-0.05, 0) is 43.5 Å². The first-order valence-corrected chi connectivity index (χ1v) is 14.1. The van der Waals surface area contributed by atoms with Gasteiger partial charge in [0.25, 0.3) is 0 Å². The number of aryl methyl sites for hydroxylation is 1. The number of rotatable bonds is 12. The van der Waals surface area contributed by atoms with E-state index in [0.717, 1.165) is 34.5 Å². The van der Waals surface area contributed by atoms with Crippen LogP contribution < -0.4 is 9.62 Å². The van der Waals surface area contributed by atoms with E-state index >= 15 is 0 Å². The lowest BCUT2D eigenvalue weighted by atomic mass is 10.1. The zero-order valence-corrected chi connectivity index (χ0v) is 22.9. The molecule has 0 saturated carbocycles. The fourth-order valence-corrected chi connectivity index (χ4v) is 5.02. The van der Waals surface area contributed by atoms with E-state index in [-0.39, 0.29) is 23.2 Å². The normalized spacial score (nSPS) is 12.2. The SMILES string of the molecule is CCCCNC(=O)[C@@H](CC)N(Cc1ccc(C)cc1)C(=O)CN(c1ccc(Cl)cc1Cl)S(C)(=O)=O. The van der Waals surface area contributed by atoms with Crippen LogP contribution in [-0.4, -0.2) is 50.5 Å². The molecule has 2 rings (SSSR count). The number of sulfonamides is 1. The molecule has 2 aromatic rings. The van der Waals surface area contributed by atoms with Gasteiger partial charge in [0.2, 0.25) is 21.8 Å². The van der Waals surface area contributed by atoms with Gasteiger partial charge in [0.15, 0.2) is 0 Å². The molecule has 7 nitrogen and oxygen atoms in total. The summed E-state index contributed by atoms with van der Waals surface area (Å²) in [5.41, 5.74) is 2.04. The Labute approximate surface area is 218 Å². The second kappa shape index (κ2) is 13.1. The third-order valence-electron chi connectivity index (χ3n) is 5.55. The van der Waals surface area contributed by atoms with Crippen LogP contribution in [0.5, 0.6) is 0 Å².